The van der Waals surface area contributed by atoms with E-state index >= 15 is 0 Å². The van der Waals surface area contributed by atoms with E-state index in [1.54, 1.807) is 0 Å². The number of para-hydroxylation sites is 1. The molecule has 1 N–H and O–H groups in total. The Kier molecular flexibility index (Phi) is 1.61. The lowest BCUT2D eigenvalue weighted by Gasteiger charge is -1.96. The van der Waals surface area contributed by atoms with E-state index in [-0.39, 0.29) is 0 Å². The zero-order valence-corrected chi connectivity index (χ0v) is 9.12. The number of H-pyrrole nitrogens is 1. The number of aromatic nitrogens is 1. The minimum Gasteiger partial charge on any atom is -0.354 e. The molecule has 0 saturated carbocycles. The van der Waals surface area contributed by atoms with Gasteiger partial charge in [-0.15, -0.1) is 0 Å². The maximum atomic E-state index is 3.47. The fourth-order valence-corrected chi connectivity index (χ4v) is 2.34. The van der Waals surface area contributed by atoms with E-state index in [9.17, 15) is 0 Å². The SMILES string of the molecule is [c]1c2ccccc2[c]c2c1[nH]c1ccccc12. The molecule has 0 bridgehead atoms. The van der Waals surface area contributed by atoms with Gasteiger partial charge in [0.25, 0.3) is 0 Å². The summed E-state index contributed by atoms with van der Waals surface area (Å²) in [5.41, 5.74) is 2.18. The molecule has 17 heavy (non-hydrogen) atoms. The summed E-state index contributed by atoms with van der Waals surface area (Å²) >= 11 is 0. The average molecular weight is 215 g/mol. The highest BCUT2D eigenvalue weighted by molar-refractivity contribution is 6.10. The van der Waals surface area contributed by atoms with Crippen LogP contribution in [0.25, 0.3) is 32.6 Å². The molecule has 3 aromatic carbocycles. The van der Waals surface area contributed by atoms with Crippen molar-refractivity contribution in [3.8, 4) is 0 Å². The minimum absolute atomic E-state index is 1.03. The summed E-state index contributed by atoms with van der Waals surface area (Å²) in [4.78, 5) is 3.38. The van der Waals surface area contributed by atoms with Gasteiger partial charge in [0.05, 0.1) is 5.52 Å². The molecule has 1 nitrogen and oxygen atoms in total. The monoisotopic (exact) mass is 215 g/mol. The Hall–Kier alpha value is -2.28. The van der Waals surface area contributed by atoms with Gasteiger partial charge in [0.2, 0.25) is 0 Å². The molecule has 0 atom stereocenters. The fourth-order valence-electron chi connectivity index (χ4n) is 2.34. The van der Waals surface area contributed by atoms with Gasteiger partial charge in [-0.1, -0.05) is 42.5 Å². The molecule has 4 aromatic rings. The van der Waals surface area contributed by atoms with Crippen molar-refractivity contribution in [1.82, 2.24) is 4.98 Å². The van der Waals surface area contributed by atoms with Crippen LogP contribution in [-0.2, 0) is 0 Å². The van der Waals surface area contributed by atoms with Crippen LogP contribution >= 0.6 is 0 Å². The number of fused-ring (bicyclic) bond motifs is 4. The lowest BCUT2D eigenvalue weighted by molar-refractivity contribution is 1.55. The normalized spacial score (nSPS) is 11.5. The predicted octanol–water partition coefficient (Wildman–Crippen LogP) is 4.07. The van der Waals surface area contributed by atoms with Crippen LogP contribution in [0.2, 0.25) is 0 Å². The molecule has 1 aromatic heterocycles. The Balaban J connectivity index is 2.28. The van der Waals surface area contributed by atoms with E-state index in [2.05, 4.69) is 47.4 Å². The van der Waals surface area contributed by atoms with Crippen molar-refractivity contribution in [1.29, 1.82) is 0 Å². The Morgan fingerprint density at radius 3 is 2.35 bits per heavy atom. The van der Waals surface area contributed by atoms with Crippen LogP contribution in [0.15, 0.2) is 48.5 Å². The number of rotatable bonds is 0. The molecule has 0 saturated heterocycles. The van der Waals surface area contributed by atoms with Gasteiger partial charge in [-0.2, -0.15) is 0 Å². The van der Waals surface area contributed by atoms with Gasteiger partial charge in [0.1, 0.15) is 0 Å². The first-order valence-corrected chi connectivity index (χ1v) is 5.65. The topological polar surface area (TPSA) is 15.8 Å². The van der Waals surface area contributed by atoms with Gasteiger partial charge >= 0.3 is 0 Å². The quantitative estimate of drug-likeness (QED) is 0.455. The smallest absolute Gasteiger partial charge is 0.0558 e. The van der Waals surface area contributed by atoms with E-state index in [1.807, 2.05) is 18.2 Å². The van der Waals surface area contributed by atoms with Crippen LogP contribution in [-0.4, -0.2) is 4.98 Å². The van der Waals surface area contributed by atoms with Crippen molar-refractivity contribution >= 4 is 32.6 Å². The second-order valence-corrected chi connectivity index (χ2v) is 4.22. The van der Waals surface area contributed by atoms with Gasteiger partial charge in [-0.25, -0.2) is 0 Å². The molecule has 0 unspecified atom stereocenters. The van der Waals surface area contributed by atoms with Gasteiger partial charge in [-0.3, -0.25) is 0 Å². The van der Waals surface area contributed by atoms with Crippen LogP contribution in [0, 0.1) is 12.1 Å². The van der Waals surface area contributed by atoms with Crippen molar-refractivity contribution in [2.75, 3.05) is 0 Å². The summed E-state index contributed by atoms with van der Waals surface area (Å²) < 4.78 is 0. The first kappa shape index (κ1) is 8.82. The van der Waals surface area contributed by atoms with Gasteiger partial charge < -0.3 is 4.98 Å². The second kappa shape index (κ2) is 3.11. The number of hydrogen-bond acceptors (Lipinski definition) is 0. The van der Waals surface area contributed by atoms with Crippen LogP contribution in [0.1, 0.15) is 0 Å². The van der Waals surface area contributed by atoms with E-state index in [4.69, 9.17) is 0 Å². The summed E-state index contributed by atoms with van der Waals surface area (Å²) in [6.45, 7) is 0. The first-order valence-electron chi connectivity index (χ1n) is 5.65. The van der Waals surface area contributed by atoms with Gasteiger partial charge in [0.15, 0.2) is 0 Å². The molecule has 0 aliphatic heterocycles. The number of nitrogens with one attached hydrogen (secondary N) is 1. The molecule has 78 valence electrons. The molecule has 0 aliphatic rings. The maximum absolute atomic E-state index is 3.47. The Morgan fingerprint density at radius 1 is 0.765 bits per heavy atom. The lowest BCUT2D eigenvalue weighted by atomic mass is 10.1. The molecule has 0 aliphatic carbocycles. The molecule has 0 amide bonds. The Bertz CT molecular complexity index is 834. The zero-order valence-electron chi connectivity index (χ0n) is 9.12. The third kappa shape index (κ3) is 1.19. The highest BCUT2D eigenvalue weighted by Gasteiger charge is 2.05. The largest absolute Gasteiger partial charge is 0.354 e. The van der Waals surface area contributed by atoms with E-state index < -0.39 is 0 Å². The second-order valence-electron chi connectivity index (χ2n) is 4.22. The fraction of sp³-hybridized carbons (Fsp3) is 0. The summed E-state index contributed by atoms with van der Waals surface area (Å²) in [5.74, 6) is 0. The zero-order chi connectivity index (χ0) is 11.2. The molecule has 0 spiro atoms. The first-order chi connectivity index (χ1) is 8.42. The van der Waals surface area contributed by atoms with Crippen LogP contribution in [0.5, 0.6) is 0 Å². The van der Waals surface area contributed by atoms with Gasteiger partial charge in [0, 0.05) is 28.4 Å². The average Bonchev–Trinajstić information content (AvgIpc) is 2.73. The maximum Gasteiger partial charge on any atom is 0.0558 e. The molecular weight excluding hydrogens is 206 g/mol. The van der Waals surface area contributed by atoms with Crippen molar-refractivity contribution in [3.05, 3.63) is 60.7 Å². The van der Waals surface area contributed by atoms with Crippen LogP contribution in [0.3, 0.4) is 0 Å². The number of hydrogen-bond donors (Lipinski definition) is 1. The molecule has 4 rings (SSSR count). The summed E-state index contributed by atoms with van der Waals surface area (Å²) in [6.07, 6.45) is 0. The van der Waals surface area contributed by atoms with Crippen molar-refractivity contribution in [2.45, 2.75) is 0 Å². The summed E-state index contributed by atoms with van der Waals surface area (Å²) in [6, 6.07) is 23.4. The summed E-state index contributed by atoms with van der Waals surface area (Å²) in [7, 11) is 0. The van der Waals surface area contributed by atoms with Crippen LogP contribution in [0.4, 0.5) is 0 Å². The van der Waals surface area contributed by atoms with Crippen molar-refractivity contribution < 1.29 is 0 Å². The predicted molar refractivity (Wildman–Crippen MR) is 71.0 cm³/mol. The number of aromatic amines is 1. The molecule has 1 heterocycles. The highest BCUT2D eigenvalue weighted by Crippen LogP contribution is 2.28. The van der Waals surface area contributed by atoms with Crippen molar-refractivity contribution in [3.63, 3.8) is 0 Å². The van der Waals surface area contributed by atoms with E-state index in [0.717, 1.165) is 27.2 Å². The third-order valence-corrected chi connectivity index (χ3v) is 3.15. The molecule has 2 radical (unpaired) electrons. The molecule has 0 fully saturated rings. The minimum atomic E-state index is 1.03. The Morgan fingerprint density at radius 2 is 1.47 bits per heavy atom. The van der Waals surface area contributed by atoms with Gasteiger partial charge in [-0.05, 0) is 16.8 Å². The van der Waals surface area contributed by atoms with Crippen LogP contribution < -0.4 is 0 Å². The standard InChI is InChI=1S/C16H9N/c1-2-6-12-10-16-14(9-11(12)5-1)13-7-3-4-8-15(13)17-16/h1-8,17H. The molecule has 1 heteroatoms. The van der Waals surface area contributed by atoms with E-state index in [1.165, 1.54) is 5.39 Å². The Labute approximate surface area is 98.7 Å². The third-order valence-electron chi connectivity index (χ3n) is 3.15. The van der Waals surface area contributed by atoms with Crippen molar-refractivity contribution in [2.24, 2.45) is 0 Å². The number of benzene rings is 3. The highest BCUT2D eigenvalue weighted by atomic mass is 14.7. The lowest BCUT2D eigenvalue weighted by Crippen LogP contribution is -1.74. The van der Waals surface area contributed by atoms with E-state index in [0.29, 0.717) is 0 Å². The molecular formula is C16H9N. The summed E-state index contributed by atoms with van der Waals surface area (Å²) in [5, 5.41) is 4.56.